The predicted molar refractivity (Wildman–Crippen MR) is 152 cm³/mol. The van der Waals surface area contributed by atoms with Gasteiger partial charge >= 0.3 is 12.1 Å². The molecule has 5 aromatic rings. The number of methoxy groups -OCH3 is 2. The number of esters is 1. The van der Waals surface area contributed by atoms with Crippen molar-refractivity contribution in [2.75, 3.05) is 19.5 Å². The van der Waals surface area contributed by atoms with Gasteiger partial charge in [0, 0.05) is 17.7 Å². The van der Waals surface area contributed by atoms with Crippen LogP contribution in [0.2, 0.25) is 0 Å². The number of anilines is 1. The second-order valence-electron chi connectivity index (χ2n) is 9.21. The van der Waals surface area contributed by atoms with E-state index in [4.69, 9.17) is 14.2 Å². The van der Waals surface area contributed by atoms with Crippen LogP contribution < -0.4 is 14.8 Å². The number of hydrogen-bond donors (Lipinski definition) is 1. The number of ether oxygens (including phenoxy) is 4. The van der Waals surface area contributed by atoms with Crippen LogP contribution >= 0.6 is 11.3 Å². The number of fused-ring (bicyclic) bond motifs is 2. The number of carbonyl (C=O) groups excluding carboxylic acids is 2. The number of nitrogens with one attached hydrogen (secondary N) is 1. The Labute approximate surface area is 242 Å². The van der Waals surface area contributed by atoms with E-state index in [0.29, 0.717) is 32.1 Å². The average molecular weight is 593 g/mol. The maximum Gasteiger partial charge on any atom is 0.412 e. The molecule has 1 amide bonds. The van der Waals surface area contributed by atoms with Crippen LogP contribution in [0.15, 0.2) is 42.9 Å². The number of carbonyl (C=O) groups is 2. The van der Waals surface area contributed by atoms with E-state index in [0.717, 1.165) is 11.1 Å². The van der Waals surface area contributed by atoms with Crippen molar-refractivity contribution in [1.82, 2.24) is 24.9 Å². The lowest BCUT2D eigenvalue weighted by molar-refractivity contribution is 0.0402. The normalized spacial score (nSPS) is 12.5. The summed E-state index contributed by atoms with van der Waals surface area (Å²) in [7, 11) is 2.74. The van der Waals surface area contributed by atoms with Gasteiger partial charge in [-0.25, -0.2) is 38.9 Å². The number of halogens is 1. The van der Waals surface area contributed by atoms with Crippen LogP contribution in [0.5, 0.6) is 11.6 Å². The van der Waals surface area contributed by atoms with Gasteiger partial charge in [0.1, 0.15) is 17.2 Å². The molecule has 0 aliphatic carbocycles. The highest BCUT2D eigenvalue weighted by Gasteiger charge is 2.22. The van der Waals surface area contributed by atoms with E-state index in [1.165, 1.54) is 44.0 Å². The topological polar surface area (TPSA) is 148 Å². The summed E-state index contributed by atoms with van der Waals surface area (Å²) in [5.41, 5.74) is 3.73. The van der Waals surface area contributed by atoms with Crippen molar-refractivity contribution in [3.05, 3.63) is 60.1 Å². The summed E-state index contributed by atoms with van der Waals surface area (Å²) in [6, 6.07) is 6.75. The summed E-state index contributed by atoms with van der Waals surface area (Å²) in [6.45, 7) is 5.21. The maximum absolute atomic E-state index is 15.1. The molecule has 3 heterocycles. The molecule has 0 radical (unpaired) electrons. The minimum absolute atomic E-state index is 0.00788. The molecule has 1 N–H and O–H groups in total. The predicted octanol–water partition coefficient (Wildman–Crippen LogP) is 5.34. The van der Waals surface area contributed by atoms with Crippen molar-refractivity contribution < 1.29 is 32.9 Å². The summed E-state index contributed by atoms with van der Waals surface area (Å²) in [6.07, 6.45) is 1.74. The number of nitrogens with zero attached hydrogens (tertiary/aromatic N) is 5. The molecule has 0 aliphatic heterocycles. The Hall–Kier alpha value is -4.98. The van der Waals surface area contributed by atoms with Crippen LogP contribution in [0.1, 0.15) is 30.0 Å². The monoisotopic (exact) mass is 592 g/mol. The average Bonchev–Trinajstić information content (AvgIpc) is 3.38. The van der Waals surface area contributed by atoms with E-state index in [2.05, 4.69) is 35.0 Å². The number of rotatable bonds is 8. The lowest BCUT2D eigenvalue weighted by Gasteiger charge is -2.22. The van der Waals surface area contributed by atoms with E-state index in [1.54, 1.807) is 26.1 Å². The highest BCUT2D eigenvalue weighted by Crippen LogP contribution is 2.37. The molecule has 42 heavy (non-hydrogen) atoms. The Balaban J connectivity index is 1.30. The molecule has 0 saturated heterocycles. The number of aryl methyl sites for hydroxylation is 1. The molecule has 216 valence electrons. The molecule has 0 aliphatic rings. The molecule has 0 bridgehead atoms. The summed E-state index contributed by atoms with van der Waals surface area (Å²) in [4.78, 5) is 45.1. The molecular formula is C28H25FN6O6S. The van der Waals surface area contributed by atoms with Crippen LogP contribution in [0, 0.1) is 12.7 Å². The second kappa shape index (κ2) is 11.9. The van der Waals surface area contributed by atoms with E-state index in [1.807, 2.05) is 19.1 Å². The Bertz CT molecular complexity index is 1800. The van der Waals surface area contributed by atoms with Gasteiger partial charge < -0.3 is 18.9 Å². The molecule has 5 rings (SSSR count). The zero-order valence-electron chi connectivity index (χ0n) is 23.2. The molecule has 3 aromatic heterocycles. The lowest BCUT2D eigenvalue weighted by atomic mass is 10.1. The highest BCUT2D eigenvalue weighted by atomic mass is 32.1. The van der Waals surface area contributed by atoms with Gasteiger partial charge in [0.05, 0.1) is 59.7 Å². The third-order valence-corrected chi connectivity index (χ3v) is 7.24. The van der Waals surface area contributed by atoms with Crippen molar-refractivity contribution in [2.45, 2.75) is 33.0 Å². The third-order valence-electron chi connectivity index (χ3n) is 6.18. The van der Waals surface area contributed by atoms with Crippen molar-refractivity contribution >= 4 is 50.3 Å². The van der Waals surface area contributed by atoms with E-state index in [9.17, 15) is 9.59 Å². The molecule has 12 nitrogen and oxygen atoms in total. The number of hydrogen-bond acceptors (Lipinski definition) is 12. The minimum atomic E-state index is -0.804. The van der Waals surface area contributed by atoms with Crippen molar-refractivity contribution in [3.8, 4) is 22.2 Å². The fourth-order valence-corrected chi connectivity index (χ4v) is 4.93. The van der Waals surface area contributed by atoms with Crippen LogP contribution in [0.25, 0.3) is 31.8 Å². The van der Waals surface area contributed by atoms with Gasteiger partial charge in [-0.05, 0) is 38.5 Å². The first-order valence-electron chi connectivity index (χ1n) is 12.6. The standard InChI is InChI=1S/C28H25FN6O6S/c1-13-6-17(24-20(7-13)34-23(38-4)12-30-24)26-35-19-8-18(29)21(9-22(19)42-26)40-14(2)15(3)41-28(37)33-16-10-31-25(32-11-16)27(36)39-5/h6-12,14-15H,1-5H3,(H,33,37)/t14-,15+/m0/s1. The first-order chi connectivity index (χ1) is 20.1. The van der Waals surface area contributed by atoms with Crippen LogP contribution in [0.3, 0.4) is 0 Å². The Kier molecular flexibility index (Phi) is 8.06. The van der Waals surface area contributed by atoms with Gasteiger partial charge in [-0.2, -0.15) is 0 Å². The summed E-state index contributed by atoms with van der Waals surface area (Å²) in [5, 5.41) is 3.11. The molecule has 0 saturated carbocycles. The largest absolute Gasteiger partial charge is 0.484 e. The zero-order valence-corrected chi connectivity index (χ0v) is 24.0. The molecule has 0 fully saturated rings. The smallest absolute Gasteiger partial charge is 0.412 e. The van der Waals surface area contributed by atoms with Gasteiger partial charge in [0.25, 0.3) is 0 Å². The van der Waals surface area contributed by atoms with Gasteiger partial charge in [-0.15, -0.1) is 11.3 Å². The Morgan fingerprint density at radius 3 is 2.43 bits per heavy atom. The number of amides is 1. The number of benzene rings is 2. The maximum atomic E-state index is 15.1. The molecule has 2 aromatic carbocycles. The number of aromatic nitrogens is 5. The van der Waals surface area contributed by atoms with Crippen LogP contribution in [-0.2, 0) is 9.47 Å². The van der Waals surface area contributed by atoms with Crippen LogP contribution in [0.4, 0.5) is 14.9 Å². The summed E-state index contributed by atoms with van der Waals surface area (Å²) < 4.78 is 36.7. The van der Waals surface area contributed by atoms with Crippen molar-refractivity contribution in [3.63, 3.8) is 0 Å². The van der Waals surface area contributed by atoms with Crippen molar-refractivity contribution in [2.24, 2.45) is 0 Å². The number of thiazole rings is 1. The highest BCUT2D eigenvalue weighted by molar-refractivity contribution is 7.21. The zero-order chi connectivity index (χ0) is 30.0. The van der Waals surface area contributed by atoms with E-state index in [-0.39, 0.29) is 17.3 Å². The van der Waals surface area contributed by atoms with E-state index >= 15 is 4.39 Å². The second-order valence-corrected chi connectivity index (χ2v) is 10.2. The molecule has 2 atom stereocenters. The van der Waals surface area contributed by atoms with Gasteiger partial charge in [-0.1, -0.05) is 0 Å². The lowest BCUT2D eigenvalue weighted by Crippen LogP contribution is -2.32. The van der Waals surface area contributed by atoms with E-state index < -0.39 is 30.1 Å². The van der Waals surface area contributed by atoms with Gasteiger partial charge in [0.2, 0.25) is 11.7 Å². The Morgan fingerprint density at radius 1 is 0.952 bits per heavy atom. The summed E-state index contributed by atoms with van der Waals surface area (Å²) in [5.74, 6) is -1.07. The molecular weight excluding hydrogens is 567 g/mol. The molecule has 14 heteroatoms. The first-order valence-corrected chi connectivity index (χ1v) is 13.4. The first kappa shape index (κ1) is 28.5. The molecule has 0 unspecified atom stereocenters. The van der Waals surface area contributed by atoms with Crippen molar-refractivity contribution in [1.29, 1.82) is 0 Å². The summed E-state index contributed by atoms with van der Waals surface area (Å²) >= 11 is 1.37. The third kappa shape index (κ3) is 6.02. The van der Waals surface area contributed by atoms with Crippen LogP contribution in [-0.4, -0.2) is 63.4 Å². The fraction of sp³-hybridized carbons (Fsp3) is 0.250. The minimum Gasteiger partial charge on any atom is -0.484 e. The Morgan fingerprint density at radius 2 is 1.71 bits per heavy atom. The molecule has 0 spiro atoms. The van der Waals surface area contributed by atoms with Gasteiger partial charge in [0.15, 0.2) is 11.6 Å². The van der Waals surface area contributed by atoms with Gasteiger partial charge in [-0.3, -0.25) is 5.32 Å². The SMILES string of the molecule is COC(=O)c1ncc(NC(=O)O[C@H](C)[C@H](C)Oc2cc3sc(-c4cc(C)cc5nc(OC)cnc45)nc3cc2F)cn1. The quantitative estimate of drug-likeness (QED) is 0.233. The fourth-order valence-electron chi connectivity index (χ4n) is 3.94.